The van der Waals surface area contributed by atoms with E-state index in [1.165, 1.54) is 5.69 Å². The van der Waals surface area contributed by atoms with E-state index in [1.54, 1.807) is 0 Å². The minimum atomic E-state index is 0.439. The molecule has 1 aliphatic heterocycles. The molecule has 1 atom stereocenters. The molecular formula is C12H21N3. The zero-order valence-electron chi connectivity index (χ0n) is 9.95. The second kappa shape index (κ2) is 3.97. The molecule has 84 valence electrons. The first-order chi connectivity index (χ1) is 7.13. The van der Waals surface area contributed by atoms with Crippen LogP contribution in [0.2, 0.25) is 0 Å². The van der Waals surface area contributed by atoms with E-state index in [9.17, 15) is 0 Å². The molecule has 1 aromatic heterocycles. The third-order valence-electron chi connectivity index (χ3n) is 3.42. The molecule has 3 heteroatoms. The smallest absolute Gasteiger partial charge is 0.0631 e. The fourth-order valence-corrected chi connectivity index (χ4v) is 2.02. The van der Waals surface area contributed by atoms with E-state index in [0.717, 1.165) is 25.9 Å². The lowest BCUT2D eigenvalue weighted by Crippen LogP contribution is -2.52. The van der Waals surface area contributed by atoms with Gasteiger partial charge in [-0.1, -0.05) is 13.8 Å². The van der Waals surface area contributed by atoms with Gasteiger partial charge in [0.15, 0.2) is 0 Å². The zero-order valence-corrected chi connectivity index (χ0v) is 9.95. The fraction of sp³-hybridized carbons (Fsp3) is 0.750. The predicted octanol–water partition coefficient (Wildman–Crippen LogP) is 2.01. The van der Waals surface area contributed by atoms with Crippen LogP contribution in [0.15, 0.2) is 12.3 Å². The van der Waals surface area contributed by atoms with E-state index in [1.807, 2.05) is 0 Å². The Labute approximate surface area is 91.9 Å². The summed E-state index contributed by atoms with van der Waals surface area (Å²) in [7, 11) is 0. The van der Waals surface area contributed by atoms with Gasteiger partial charge in [0.1, 0.15) is 0 Å². The van der Waals surface area contributed by atoms with Crippen LogP contribution in [0.1, 0.15) is 38.9 Å². The lowest BCUT2D eigenvalue weighted by molar-refractivity contribution is 0.193. The molecule has 2 heterocycles. The van der Waals surface area contributed by atoms with Gasteiger partial charge >= 0.3 is 0 Å². The molecule has 1 unspecified atom stereocenters. The van der Waals surface area contributed by atoms with Gasteiger partial charge in [-0.2, -0.15) is 5.10 Å². The van der Waals surface area contributed by atoms with Crippen LogP contribution in [0.3, 0.4) is 0 Å². The molecule has 1 aliphatic rings. The molecule has 0 saturated carbocycles. The van der Waals surface area contributed by atoms with Crippen molar-refractivity contribution in [2.75, 3.05) is 13.1 Å². The van der Waals surface area contributed by atoms with Crippen molar-refractivity contribution in [3.05, 3.63) is 18.0 Å². The zero-order chi connectivity index (χ0) is 10.9. The average molecular weight is 207 g/mol. The first-order valence-electron chi connectivity index (χ1n) is 5.88. The van der Waals surface area contributed by atoms with E-state index < -0.39 is 0 Å². The highest BCUT2D eigenvalue weighted by Gasteiger charge is 2.32. The van der Waals surface area contributed by atoms with Gasteiger partial charge in [0.2, 0.25) is 0 Å². The van der Waals surface area contributed by atoms with Gasteiger partial charge in [-0.25, -0.2) is 0 Å². The molecule has 0 amide bonds. The third kappa shape index (κ3) is 2.23. The SMILES string of the molecule is CCC(C)n1ccc(CC2(C)CNC2)n1. The molecular weight excluding hydrogens is 186 g/mol. The molecule has 0 aromatic carbocycles. The Morgan fingerprint density at radius 3 is 2.87 bits per heavy atom. The summed E-state index contributed by atoms with van der Waals surface area (Å²) >= 11 is 0. The Morgan fingerprint density at radius 2 is 2.33 bits per heavy atom. The minimum absolute atomic E-state index is 0.439. The van der Waals surface area contributed by atoms with Crippen LogP contribution in [0.4, 0.5) is 0 Å². The Hall–Kier alpha value is -0.830. The summed E-state index contributed by atoms with van der Waals surface area (Å²) in [4.78, 5) is 0. The standard InChI is InChI=1S/C12H21N3/c1-4-10(2)15-6-5-11(14-15)7-12(3)8-13-9-12/h5-6,10,13H,4,7-9H2,1-3H3. The third-order valence-corrected chi connectivity index (χ3v) is 3.42. The first-order valence-corrected chi connectivity index (χ1v) is 5.88. The van der Waals surface area contributed by atoms with Crippen molar-refractivity contribution in [1.82, 2.24) is 15.1 Å². The van der Waals surface area contributed by atoms with Gasteiger partial charge in [-0.15, -0.1) is 0 Å². The Balaban J connectivity index is 2.00. The van der Waals surface area contributed by atoms with E-state index >= 15 is 0 Å². The highest BCUT2D eigenvalue weighted by Crippen LogP contribution is 2.26. The topological polar surface area (TPSA) is 29.9 Å². The monoisotopic (exact) mass is 207 g/mol. The number of hydrogen-bond acceptors (Lipinski definition) is 2. The van der Waals surface area contributed by atoms with Crippen molar-refractivity contribution in [2.45, 2.75) is 39.7 Å². The predicted molar refractivity (Wildman–Crippen MR) is 61.9 cm³/mol. The average Bonchev–Trinajstić information content (AvgIpc) is 2.62. The highest BCUT2D eigenvalue weighted by molar-refractivity contribution is 5.06. The summed E-state index contributed by atoms with van der Waals surface area (Å²) in [5.41, 5.74) is 1.67. The Bertz CT molecular complexity index is 325. The van der Waals surface area contributed by atoms with E-state index in [4.69, 9.17) is 0 Å². The summed E-state index contributed by atoms with van der Waals surface area (Å²) in [5.74, 6) is 0. The first kappa shape index (κ1) is 10.7. The summed E-state index contributed by atoms with van der Waals surface area (Å²) in [5, 5.41) is 7.97. The number of aromatic nitrogens is 2. The highest BCUT2D eigenvalue weighted by atomic mass is 15.3. The van der Waals surface area contributed by atoms with Gasteiger partial charge in [0, 0.05) is 25.3 Å². The fourth-order valence-electron chi connectivity index (χ4n) is 2.02. The Kier molecular flexibility index (Phi) is 2.83. The maximum atomic E-state index is 4.64. The Morgan fingerprint density at radius 1 is 1.60 bits per heavy atom. The van der Waals surface area contributed by atoms with Gasteiger partial charge < -0.3 is 5.32 Å². The van der Waals surface area contributed by atoms with Crippen molar-refractivity contribution in [2.24, 2.45) is 5.41 Å². The summed E-state index contributed by atoms with van der Waals surface area (Å²) in [6.45, 7) is 8.99. The quantitative estimate of drug-likeness (QED) is 0.818. The van der Waals surface area contributed by atoms with Crippen molar-refractivity contribution in [1.29, 1.82) is 0 Å². The largest absolute Gasteiger partial charge is 0.316 e. The molecule has 3 nitrogen and oxygen atoms in total. The number of rotatable bonds is 4. The van der Waals surface area contributed by atoms with Crippen LogP contribution in [0.25, 0.3) is 0 Å². The van der Waals surface area contributed by atoms with Gasteiger partial charge in [-0.05, 0) is 31.2 Å². The van der Waals surface area contributed by atoms with E-state index in [0.29, 0.717) is 11.5 Å². The van der Waals surface area contributed by atoms with Crippen LogP contribution < -0.4 is 5.32 Å². The van der Waals surface area contributed by atoms with Crippen molar-refractivity contribution in [3.8, 4) is 0 Å². The van der Waals surface area contributed by atoms with Crippen molar-refractivity contribution < 1.29 is 0 Å². The molecule has 0 bridgehead atoms. The van der Waals surface area contributed by atoms with Gasteiger partial charge in [0.25, 0.3) is 0 Å². The molecule has 1 aromatic rings. The molecule has 2 rings (SSSR count). The van der Waals surface area contributed by atoms with Gasteiger partial charge in [0.05, 0.1) is 5.69 Å². The molecule has 0 aliphatic carbocycles. The normalized spacial score (nSPS) is 21.0. The molecule has 1 N–H and O–H groups in total. The second-order valence-electron chi connectivity index (χ2n) is 5.14. The molecule has 15 heavy (non-hydrogen) atoms. The molecule has 1 fully saturated rings. The van der Waals surface area contributed by atoms with E-state index in [2.05, 4.69) is 48.1 Å². The van der Waals surface area contributed by atoms with Crippen LogP contribution in [0, 0.1) is 5.41 Å². The summed E-state index contributed by atoms with van der Waals surface area (Å²) in [6, 6.07) is 2.68. The maximum Gasteiger partial charge on any atom is 0.0631 e. The summed E-state index contributed by atoms with van der Waals surface area (Å²) < 4.78 is 2.09. The molecule has 0 radical (unpaired) electrons. The van der Waals surface area contributed by atoms with Crippen molar-refractivity contribution in [3.63, 3.8) is 0 Å². The van der Waals surface area contributed by atoms with Crippen molar-refractivity contribution >= 4 is 0 Å². The molecule has 0 spiro atoms. The van der Waals surface area contributed by atoms with Crippen LogP contribution in [-0.2, 0) is 6.42 Å². The second-order valence-corrected chi connectivity index (χ2v) is 5.14. The van der Waals surface area contributed by atoms with Gasteiger partial charge in [-0.3, -0.25) is 4.68 Å². The number of hydrogen-bond donors (Lipinski definition) is 1. The van der Waals surface area contributed by atoms with Crippen LogP contribution >= 0.6 is 0 Å². The van der Waals surface area contributed by atoms with Crippen LogP contribution in [-0.4, -0.2) is 22.9 Å². The summed E-state index contributed by atoms with van der Waals surface area (Å²) in [6.07, 6.45) is 4.35. The number of nitrogens with zero attached hydrogens (tertiary/aromatic N) is 2. The van der Waals surface area contributed by atoms with E-state index in [-0.39, 0.29) is 0 Å². The number of nitrogens with one attached hydrogen (secondary N) is 1. The minimum Gasteiger partial charge on any atom is -0.316 e. The molecule has 1 saturated heterocycles. The van der Waals surface area contributed by atoms with Crippen LogP contribution in [0.5, 0.6) is 0 Å². The lowest BCUT2D eigenvalue weighted by atomic mass is 9.80. The maximum absolute atomic E-state index is 4.64. The lowest BCUT2D eigenvalue weighted by Gasteiger charge is -2.38.